The highest BCUT2D eigenvalue weighted by Crippen LogP contribution is 2.33. The number of rotatable bonds is 4. The van der Waals surface area contributed by atoms with Gasteiger partial charge in [0.25, 0.3) is 0 Å². The Balaban J connectivity index is 2.14. The number of nitrogens with zero attached hydrogens (tertiary/aromatic N) is 1. The van der Waals surface area contributed by atoms with E-state index in [1.54, 1.807) is 0 Å². The Bertz CT molecular complexity index is 389. The van der Waals surface area contributed by atoms with Crippen LogP contribution in [0.25, 0.3) is 0 Å². The van der Waals surface area contributed by atoms with Gasteiger partial charge >= 0.3 is 5.97 Å². The maximum atomic E-state index is 11.9. The first kappa shape index (κ1) is 11.8. The summed E-state index contributed by atoms with van der Waals surface area (Å²) in [5.41, 5.74) is 0. The molecule has 0 bridgehead atoms. The average molecular weight is 249 g/mol. The molecule has 0 aromatic rings. The number of aliphatic carboxylic acids is 1. The lowest BCUT2D eigenvalue weighted by Gasteiger charge is -2.25. The third-order valence-electron chi connectivity index (χ3n) is 3.18. The third kappa shape index (κ3) is 1.94. The minimum atomic E-state index is -3.33. The zero-order valence-corrected chi connectivity index (χ0v) is 9.81. The minimum Gasteiger partial charge on any atom is -0.481 e. The van der Waals surface area contributed by atoms with Crippen molar-refractivity contribution in [1.82, 2.24) is 4.31 Å². The van der Waals surface area contributed by atoms with Crippen molar-refractivity contribution in [2.75, 3.05) is 20.3 Å². The largest absolute Gasteiger partial charge is 0.481 e. The van der Waals surface area contributed by atoms with Crippen LogP contribution < -0.4 is 0 Å². The molecule has 2 unspecified atom stereocenters. The second-order valence-corrected chi connectivity index (χ2v) is 6.58. The Hall–Kier alpha value is -0.660. The van der Waals surface area contributed by atoms with E-state index in [4.69, 9.17) is 9.84 Å². The molecule has 1 saturated heterocycles. The van der Waals surface area contributed by atoms with Gasteiger partial charge in [0, 0.05) is 7.05 Å². The molecule has 92 valence electrons. The number of carboxylic acid groups (broad SMARTS) is 1. The van der Waals surface area contributed by atoms with Crippen LogP contribution in [0.2, 0.25) is 0 Å². The van der Waals surface area contributed by atoms with Crippen LogP contribution in [0.3, 0.4) is 0 Å². The topological polar surface area (TPSA) is 83.9 Å². The zero-order valence-electron chi connectivity index (χ0n) is 9.00. The molecule has 0 spiro atoms. The van der Waals surface area contributed by atoms with E-state index in [2.05, 4.69) is 0 Å². The summed E-state index contributed by atoms with van der Waals surface area (Å²) >= 11 is 0. The second-order valence-electron chi connectivity index (χ2n) is 4.31. The molecule has 0 radical (unpaired) electrons. The van der Waals surface area contributed by atoms with Crippen LogP contribution in [0.15, 0.2) is 0 Å². The predicted molar refractivity (Wildman–Crippen MR) is 55.4 cm³/mol. The molecular weight excluding hydrogens is 234 g/mol. The summed E-state index contributed by atoms with van der Waals surface area (Å²) in [6.45, 7) is 0.254. The third-order valence-corrected chi connectivity index (χ3v) is 5.57. The number of hydrogen-bond acceptors (Lipinski definition) is 4. The molecule has 1 aliphatic carbocycles. The van der Waals surface area contributed by atoms with E-state index >= 15 is 0 Å². The number of carbonyl (C=O) groups is 1. The highest BCUT2D eigenvalue weighted by atomic mass is 32.2. The van der Waals surface area contributed by atoms with Crippen LogP contribution in [0.5, 0.6) is 0 Å². The normalized spacial score (nSPS) is 30.9. The van der Waals surface area contributed by atoms with Crippen molar-refractivity contribution in [2.45, 2.75) is 24.1 Å². The van der Waals surface area contributed by atoms with Gasteiger partial charge in [-0.2, -0.15) is 4.31 Å². The van der Waals surface area contributed by atoms with E-state index < -0.39 is 28.0 Å². The molecular formula is C9H15NO5S. The molecule has 2 fully saturated rings. The number of carboxylic acids is 1. The fraction of sp³-hybridized carbons (Fsp3) is 0.889. The first-order chi connectivity index (χ1) is 7.44. The minimum absolute atomic E-state index is 0.0878. The smallest absolute Gasteiger partial charge is 0.310 e. The van der Waals surface area contributed by atoms with Crippen molar-refractivity contribution in [3.63, 3.8) is 0 Å². The molecule has 2 aliphatic rings. The van der Waals surface area contributed by atoms with E-state index in [1.807, 2.05) is 0 Å². The maximum absolute atomic E-state index is 11.9. The lowest BCUT2D eigenvalue weighted by Crippen LogP contribution is -2.45. The summed E-state index contributed by atoms with van der Waals surface area (Å²) in [6, 6.07) is -0.567. The fourth-order valence-corrected chi connectivity index (χ4v) is 3.71. The van der Waals surface area contributed by atoms with Gasteiger partial charge in [-0.1, -0.05) is 0 Å². The molecule has 1 aliphatic heterocycles. The lowest BCUT2D eigenvalue weighted by atomic mass is 10.1. The molecule has 1 N–H and O–H groups in total. The lowest BCUT2D eigenvalue weighted by molar-refractivity contribution is -0.142. The molecule has 7 heteroatoms. The van der Waals surface area contributed by atoms with Gasteiger partial charge in [-0.3, -0.25) is 4.79 Å². The fourth-order valence-electron chi connectivity index (χ4n) is 1.93. The van der Waals surface area contributed by atoms with Crippen LogP contribution >= 0.6 is 0 Å². The van der Waals surface area contributed by atoms with Gasteiger partial charge < -0.3 is 9.84 Å². The summed E-state index contributed by atoms with van der Waals surface area (Å²) in [5.74, 6) is -1.75. The van der Waals surface area contributed by atoms with Gasteiger partial charge in [0.1, 0.15) is 0 Å². The number of ether oxygens (including phenoxy) is 1. The summed E-state index contributed by atoms with van der Waals surface area (Å²) in [5, 5.41) is 8.64. The second kappa shape index (κ2) is 3.97. The summed E-state index contributed by atoms with van der Waals surface area (Å²) in [7, 11) is -1.88. The van der Waals surface area contributed by atoms with Gasteiger partial charge in [-0.25, -0.2) is 8.42 Å². The standard InChI is InChI=1S/C9H15NO5S/c1-10(16(13,14)6-2-3-6)8-5-15-4-7(8)9(11)12/h6-8H,2-5H2,1H3,(H,11,12). The molecule has 0 aromatic carbocycles. The van der Waals surface area contributed by atoms with E-state index in [1.165, 1.54) is 11.4 Å². The number of hydrogen-bond donors (Lipinski definition) is 1. The van der Waals surface area contributed by atoms with Crippen molar-refractivity contribution in [3.8, 4) is 0 Å². The summed E-state index contributed by atoms with van der Waals surface area (Å²) < 4.78 is 30.1. The molecule has 2 rings (SSSR count). The van der Waals surface area contributed by atoms with Crippen molar-refractivity contribution >= 4 is 16.0 Å². The van der Waals surface area contributed by atoms with E-state index in [-0.39, 0.29) is 18.5 Å². The first-order valence-corrected chi connectivity index (χ1v) is 6.72. The van der Waals surface area contributed by atoms with Crippen molar-refractivity contribution < 1.29 is 23.1 Å². The van der Waals surface area contributed by atoms with E-state index in [0.717, 1.165) is 0 Å². The van der Waals surface area contributed by atoms with Gasteiger partial charge in [0.05, 0.1) is 30.4 Å². The Morgan fingerprint density at radius 2 is 2.00 bits per heavy atom. The summed E-state index contributed by atoms with van der Waals surface area (Å²) in [6.07, 6.45) is 1.36. The molecule has 1 saturated carbocycles. The average Bonchev–Trinajstić information content (AvgIpc) is 2.95. The Morgan fingerprint density at radius 1 is 1.38 bits per heavy atom. The Labute approximate surface area is 94.2 Å². The quantitative estimate of drug-likeness (QED) is 0.727. The molecule has 0 aromatic heterocycles. The predicted octanol–water partition coefficient (Wildman–Crippen LogP) is -0.490. The highest BCUT2D eigenvalue weighted by Gasteiger charge is 2.46. The van der Waals surface area contributed by atoms with Crippen LogP contribution in [0.4, 0.5) is 0 Å². The highest BCUT2D eigenvalue weighted by molar-refractivity contribution is 7.90. The molecule has 6 nitrogen and oxygen atoms in total. The van der Waals surface area contributed by atoms with Gasteiger partial charge in [-0.15, -0.1) is 0 Å². The summed E-state index contributed by atoms with van der Waals surface area (Å²) in [4.78, 5) is 10.9. The van der Waals surface area contributed by atoms with Gasteiger partial charge in [-0.05, 0) is 12.8 Å². The maximum Gasteiger partial charge on any atom is 0.310 e. The SMILES string of the molecule is CN(C1COCC1C(=O)O)S(=O)(=O)C1CC1. The van der Waals surface area contributed by atoms with Gasteiger partial charge in [0.15, 0.2) is 0 Å². The number of likely N-dealkylation sites (N-methyl/N-ethyl adjacent to an activating group) is 1. The van der Waals surface area contributed by atoms with E-state index in [0.29, 0.717) is 12.8 Å². The van der Waals surface area contributed by atoms with Crippen LogP contribution in [-0.2, 0) is 19.6 Å². The van der Waals surface area contributed by atoms with Gasteiger partial charge in [0.2, 0.25) is 10.0 Å². The first-order valence-electron chi connectivity index (χ1n) is 5.22. The Kier molecular flexibility index (Phi) is 2.93. The Morgan fingerprint density at radius 3 is 2.50 bits per heavy atom. The molecule has 1 heterocycles. The monoisotopic (exact) mass is 249 g/mol. The van der Waals surface area contributed by atoms with Crippen LogP contribution in [0.1, 0.15) is 12.8 Å². The van der Waals surface area contributed by atoms with Crippen LogP contribution in [0, 0.1) is 5.92 Å². The van der Waals surface area contributed by atoms with Crippen molar-refractivity contribution in [1.29, 1.82) is 0 Å². The molecule has 0 amide bonds. The van der Waals surface area contributed by atoms with E-state index in [9.17, 15) is 13.2 Å². The molecule has 2 atom stereocenters. The van der Waals surface area contributed by atoms with Crippen molar-refractivity contribution in [2.24, 2.45) is 5.92 Å². The number of sulfonamides is 1. The zero-order chi connectivity index (χ0) is 11.9. The van der Waals surface area contributed by atoms with Crippen molar-refractivity contribution in [3.05, 3.63) is 0 Å². The van der Waals surface area contributed by atoms with Crippen LogP contribution in [-0.4, -0.2) is 55.4 Å². The molecule has 16 heavy (non-hydrogen) atoms.